The topological polar surface area (TPSA) is 73.3 Å². The molecule has 0 aliphatic carbocycles. The van der Waals surface area contributed by atoms with Crippen molar-refractivity contribution in [1.29, 1.82) is 0 Å². The van der Waals surface area contributed by atoms with Gasteiger partial charge in [0.2, 0.25) is 5.13 Å². The Bertz CT molecular complexity index is 676. The van der Waals surface area contributed by atoms with Crippen LogP contribution >= 0.6 is 23.1 Å². The number of para-hydroxylation sites is 2. The number of aromatic nitrogens is 2. The monoisotopic (exact) mass is 367 g/mol. The van der Waals surface area contributed by atoms with Crippen molar-refractivity contribution < 1.29 is 14.3 Å². The number of methoxy groups -OCH3 is 1. The average Bonchev–Trinajstić information content (AvgIpc) is 2.98. The zero-order chi connectivity index (χ0) is 17.5. The summed E-state index contributed by atoms with van der Waals surface area (Å²) in [5.74, 6) is 0.881. The molecule has 1 N–H and O–H groups in total. The smallest absolute Gasteiger partial charge is 0.267 e. The Kier molecular flexibility index (Phi) is 6.86. The normalized spacial score (nSPS) is 12.0. The quantitative estimate of drug-likeness (QED) is 0.564. The lowest BCUT2D eigenvalue weighted by molar-refractivity contribution is -0.122. The molecule has 2 rings (SSSR count). The van der Waals surface area contributed by atoms with Gasteiger partial charge in [-0.2, -0.15) is 0 Å². The SMILES string of the molecule is CC[C@H](Oc1ccccc1OC)C(=O)Nc1nnc(SC(C)C)s1. The summed E-state index contributed by atoms with van der Waals surface area (Å²) in [5, 5.41) is 11.7. The fourth-order valence-corrected chi connectivity index (χ4v) is 3.87. The first kappa shape index (κ1) is 18.5. The highest BCUT2D eigenvalue weighted by Crippen LogP contribution is 2.30. The van der Waals surface area contributed by atoms with E-state index in [1.807, 2.05) is 19.1 Å². The van der Waals surface area contributed by atoms with Crippen molar-refractivity contribution in [3.05, 3.63) is 24.3 Å². The Hall–Kier alpha value is -1.80. The van der Waals surface area contributed by atoms with Crippen LogP contribution in [0.1, 0.15) is 27.2 Å². The standard InChI is InChI=1S/C16H21N3O3S2/c1-5-11(22-13-9-7-6-8-12(13)21-4)14(20)17-15-18-19-16(24-15)23-10(2)3/h6-11H,5H2,1-4H3,(H,17,18,20)/t11-/m0/s1. The van der Waals surface area contributed by atoms with Gasteiger partial charge < -0.3 is 9.47 Å². The van der Waals surface area contributed by atoms with Gasteiger partial charge in [-0.1, -0.05) is 56.0 Å². The van der Waals surface area contributed by atoms with Crippen LogP contribution in [0.3, 0.4) is 0 Å². The molecule has 0 bridgehead atoms. The first-order valence-corrected chi connectivity index (χ1v) is 9.33. The molecular weight excluding hydrogens is 346 g/mol. The summed E-state index contributed by atoms with van der Waals surface area (Å²) >= 11 is 2.97. The number of hydrogen-bond donors (Lipinski definition) is 1. The van der Waals surface area contributed by atoms with E-state index in [4.69, 9.17) is 9.47 Å². The maximum absolute atomic E-state index is 12.4. The van der Waals surface area contributed by atoms with E-state index in [0.29, 0.717) is 28.3 Å². The number of hydrogen-bond acceptors (Lipinski definition) is 7. The molecule has 1 aromatic carbocycles. The Balaban J connectivity index is 2.02. The molecule has 0 aliphatic rings. The van der Waals surface area contributed by atoms with E-state index in [1.54, 1.807) is 31.0 Å². The van der Waals surface area contributed by atoms with Crippen molar-refractivity contribution in [1.82, 2.24) is 10.2 Å². The van der Waals surface area contributed by atoms with E-state index in [1.165, 1.54) is 11.3 Å². The van der Waals surface area contributed by atoms with E-state index in [0.717, 1.165) is 4.34 Å². The molecule has 0 radical (unpaired) electrons. The summed E-state index contributed by atoms with van der Waals surface area (Å²) in [5.41, 5.74) is 0. The summed E-state index contributed by atoms with van der Waals surface area (Å²) in [6.45, 7) is 6.05. The van der Waals surface area contributed by atoms with Gasteiger partial charge in [-0.15, -0.1) is 10.2 Å². The molecule has 1 amide bonds. The minimum absolute atomic E-state index is 0.249. The van der Waals surface area contributed by atoms with Crippen LogP contribution in [0.15, 0.2) is 28.6 Å². The van der Waals surface area contributed by atoms with E-state index in [9.17, 15) is 4.79 Å². The van der Waals surface area contributed by atoms with Crippen molar-refractivity contribution in [3.63, 3.8) is 0 Å². The number of amides is 1. The largest absolute Gasteiger partial charge is 0.493 e. The number of rotatable bonds is 8. The van der Waals surface area contributed by atoms with Gasteiger partial charge in [0.05, 0.1) is 7.11 Å². The third kappa shape index (κ3) is 5.10. The minimum Gasteiger partial charge on any atom is -0.493 e. The summed E-state index contributed by atoms with van der Waals surface area (Å²) in [6.07, 6.45) is -0.109. The van der Waals surface area contributed by atoms with Crippen LogP contribution in [0.25, 0.3) is 0 Å². The summed E-state index contributed by atoms with van der Waals surface area (Å²) in [6, 6.07) is 7.25. The highest BCUT2D eigenvalue weighted by atomic mass is 32.2. The fourth-order valence-electron chi connectivity index (χ4n) is 1.89. The van der Waals surface area contributed by atoms with Crippen molar-refractivity contribution in [2.24, 2.45) is 0 Å². The molecular formula is C16H21N3O3S2. The molecule has 8 heteroatoms. The molecule has 0 saturated heterocycles. The van der Waals surface area contributed by atoms with Crippen LogP contribution in [0, 0.1) is 0 Å². The van der Waals surface area contributed by atoms with E-state index < -0.39 is 6.10 Å². The molecule has 1 heterocycles. The predicted molar refractivity (Wildman–Crippen MR) is 97.2 cm³/mol. The molecule has 1 aromatic heterocycles. The highest BCUT2D eigenvalue weighted by molar-refractivity contribution is 8.01. The van der Waals surface area contributed by atoms with Crippen molar-refractivity contribution >= 4 is 34.1 Å². The molecule has 2 aromatic rings. The van der Waals surface area contributed by atoms with Crippen molar-refractivity contribution in [2.75, 3.05) is 12.4 Å². The van der Waals surface area contributed by atoms with Crippen LogP contribution in [0.4, 0.5) is 5.13 Å². The molecule has 24 heavy (non-hydrogen) atoms. The number of benzene rings is 1. The first-order valence-electron chi connectivity index (χ1n) is 7.64. The van der Waals surface area contributed by atoms with Gasteiger partial charge >= 0.3 is 0 Å². The van der Waals surface area contributed by atoms with Gasteiger partial charge in [0, 0.05) is 5.25 Å². The van der Waals surface area contributed by atoms with Crippen LogP contribution in [-0.4, -0.2) is 34.6 Å². The fraction of sp³-hybridized carbons (Fsp3) is 0.438. The maximum atomic E-state index is 12.4. The molecule has 0 saturated carbocycles. The van der Waals surface area contributed by atoms with Crippen LogP contribution in [0.5, 0.6) is 11.5 Å². The Morgan fingerprint density at radius 1 is 1.29 bits per heavy atom. The zero-order valence-corrected chi connectivity index (χ0v) is 15.7. The third-order valence-corrected chi connectivity index (χ3v) is 4.90. The van der Waals surface area contributed by atoms with Gasteiger partial charge in [-0.3, -0.25) is 10.1 Å². The number of nitrogens with one attached hydrogen (secondary N) is 1. The highest BCUT2D eigenvalue weighted by Gasteiger charge is 2.21. The van der Waals surface area contributed by atoms with Crippen LogP contribution in [0.2, 0.25) is 0 Å². The molecule has 0 spiro atoms. The van der Waals surface area contributed by atoms with Crippen LogP contribution < -0.4 is 14.8 Å². The second-order valence-corrected chi connectivity index (χ2v) is 8.00. The lowest BCUT2D eigenvalue weighted by Crippen LogP contribution is -2.32. The maximum Gasteiger partial charge on any atom is 0.267 e. The lowest BCUT2D eigenvalue weighted by Gasteiger charge is -2.18. The second-order valence-electron chi connectivity index (χ2n) is 5.19. The molecule has 130 valence electrons. The Morgan fingerprint density at radius 3 is 2.62 bits per heavy atom. The predicted octanol–water partition coefficient (Wildman–Crippen LogP) is 3.84. The van der Waals surface area contributed by atoms with Gasteiger partial charge in [0.1, 0.15) is 0 Å². The summed E-state index contributed by atoms with van der Waals surface area (Å²) < 4.78 is 11.9. The number of carbonyl (C=O) groups is 1. The first-order chi connectivity index (χ1) is 11.5. The van der Waals surface area contributed by atoms with Gasteiger partial charge in [0.15, 0.2) is 21.9 Å². The Morgan fingerprint density at radius 2 is 2.00 bits per heavy atom. The molecule has 0 aliphatic heterocycles. The molecule has 6 nitrogen and oxygen atoms in total. The summed E-state index contributed by atoms with van der Waals surface area (Å²) in [7, 11) is 1.57. The number of ether oxygens (including phenoxy) is 2. The van der Waals surface area contributed by atoms with Gasteiger partial charge in [-0.05, 0) is 18.6 Å². The van der Waals surface area contributed by atoms with E-state index in [2.05, 4.69) is 29.4 Å². The van der Waals surface area contributed by atoms with E-state index >= 15 is 0 Å². The minimum atomic E-state index is -0.633. The van der Waals surface area contributed by atoms with Crippen LogP contribution in [-0.2, 0) is 4.79 Å². The summed E-state index contributed by atoms with van der Waals surface area (Å²) in [4.78, 5) is 12.4. The number of thioether (sulfide) groups is 1. The average molecular weight is 367 g/mol. The number of nitrogens with zero attached hydrogens (tertiary/aromatic N) is 2. The Labute approximate surface area is 150 Å². The van der Waals surface area contributed by atoms with Gasteiger partial charge in [0.25, 0.3) is 5.91 Å². The molecule has 0 unspecified atom stereocenters. The molecule has 0 fully saturated rings. The second kappa shape index (κ2) is 8.89. The third-order valence-electron chi connectivity index (χ3n) is 2.97. The number of anilines is 1. The molecule has 1 atom stereocenters. The zero-order valence-electron chi connectivity index (χ0n) is 14.1. The number of carbonyl (C=O) groups excluding carboxylic acids is 1. The van der Waals surface area contributed by atoms with E-state index in [-0.39, 0.29) is 5.91 Å². The lowest BCUT2D eigenvalue weighted by atomic mass is 10.2. The van der Waals surface area contributed by atoms with Crippen molar-refractivity contribution in [3.8, 4) is 11.5 Å². The van der Waals surface area contributed by atoms with Crippen molar-refractivity contribution in [2.45, 2.75) is 42.9 Å². The van der Waals surface area contributed by atoms with Gasteiger partial charge in [-0.25, -0.2) is 0 Å².